The lowest BCUT2D eigenvalue weighted by Gasteiger charge is -2.20. The van der Waals surface area contributed by atoms with Crippen molar-refractivity contribution < 1.29 is 7.65 Å². The molecule has 0 unspecified atom stereocenters. The van der Waals surface area contributed by atoms with Gasteiger partial charge in [0.15, 0.2) is 17.3 Å². The predicted octanol–water partition coefficient (Wildman–Crippen LogP) is 1.73. The lowest BCUT2D eigenvalue weighted by Crippen LogP contribution is -2.29. The van der Waals surface area contributed by atoms with E-state index >= 15 is 0 Å². The van der Waals surface area contributed by atoms with Gasteiger partial charge in [0.25, 0.3) is 0 Å². The van der Waals surface area contributed by atoms with Gasteiger partial charge in [-0.15, -0.1) is 0 Å². The number of rotatable bonds is 2. The summed E-state index contributed by atoms with van der Waals surface area (Å²) in [5.74, 6) is 1.66. The van der Waals surface area contributed by atoms with Gasteiger partial charge in [-0.05, 0) is 24.6 Å². The van der Waals surface area contributed by atoms with Crippen LogP contribution < -0.4 is 16.0 Å². The molecule has 3 heterocycles. The number of carbonyl (C=O) groups excluding carboxylic acids is 1. The Morgan fingerprint density at radius 1 is 1.28 bits per heavy atom. The number of hydrogen-bond donors (Lipinski definition) is 3. The summed E-state index contributed by atoms with van der Waals surface area (Å²) in [5, 5.41) is 2.85. The van der Waals surface area contributed by atoms with Crippen LogP contribution in [0, 0.1) is 6.92 Å². The normalized spacial score (nSPS) is 15.2. The van der Waals surface area contributed by atoms with Gasteiger partial charge in [0.2, 0.25) is 5.91 Å². The van der Waals surface area contributed by atoms with Crippen molar-refractivity contribution in [2.24, 2.45) is 0 Å². The van der Waals surface area contributed by atoms with Crippen LogP contribution in [0.3, 0.4) is 0 Å². The Morgan fingerprint density at radius 3 is 3.04 bits per heavy atom. The highest BCUT2D eigenvalue weighted by molar-refractivity contribution is 5.81. The Labute approximate surface area is 147 Å². The summed E-state index contributed by atoms with van der Waals surface area (Å²) in [7, 11) is 0. The highest BCUT2D eigenvalue weighted by atomic mass is 16.1. The lowest BCUT2D eigenvalue weighted by molar-refractivity contribution is -0.120. The largest absolute Gasteiger partial charge is 0.382 e. The second-order valence-corrected chi connectivity index (χ2v) is 6.16. The van der Waals surface area contributed by atoms with Gasteiger partial charge < -0.3 is 20.9 Å². The molecular formula is C17H23N7O. The number of hydrogen-bond acceptors (Lipinski definition) is 6. The van der Waals surface area contributed by atoms with Crippen molar-refractivity contribution in [3.8, 4) is 11.5 Å². The molecule has 1 aliphatic heterocycles. The predicted molar refractivity (Wildman–Crippen MR) is 100 cm³/mol. The summed E-state index contributed by atoms with van der Waals surface area (Å²) >= 11 is 0. The third-order valence-electron chi connectivity index (χ3n) is 4.29. The smallest absolute Gasteiger partial charge is 0.221 e. The number of aryl methyl sites for hydroxylation is 1. The van der Waals surface area contributed by atoms with Crippen molar-refractivity contribution in [1.29, 1.82) is 0 Å². The molecule has 0 radical (unpaired) electrons. The number of carbonyl (C=O) groups is 1. The average molecular weight is 341 g/mol. The van der Waals surface area contributed by atoms with Gasteiger partial charge in [0.1, 0.15) is 5.82 Å². The molecule has 8 nitrogen and oxygen atoms in total. The van der Waals surface area contributed by atoms with E-state index in [4.69, 9.17) is 5.73 Å². The van der Waals surface area contributed by atoms with E-state index in [-0.39, 0.29) is 8.76 Å². The minimum atomic E-state index is 0. The highest BCUT2D eigenvalue weighted by Crippen LogP contribution is 2.25. The molecule has 0 atom stereocenters. The Bertz CT molecular complexity index is 960. The fourth-order valence-electron chi connectivity index (χ4n) is 2.95. The summed E-state index contributed by atoms with van der Waals surface area (Å²) < 4.78 is 0. The number of anilines is 2. The number of nitrogens with zero attached hydrogens (tertiary/aromatic N) is 4. The number of aromatic nitrogens is 4. The van der Waals surface area contributed by atoms with Gasteiger partial charge in [0, 0.05) is 28.9 Å². The molecule has 8 heteroatoms. The number of benzene rings is 1. The van der Waals surface area contributed by atoms with E-state index in [0.29, 0.717) is 49.2 Å². The molecule has 3 aromatic rings. The maximum Gasteiger partial charge on any atom is 0.221 e. The van der Waals surface area contributed by atoms with Crippen LogP contribution in [0.4, 0.5) is 11.6 Å². The van der Waals surface area contributed by atoms with Crippen LogP contribution in [0.15, 0.2) is 24.4 Å². The number of imidazole rings is 1. The second kappa shape index (κ2) is 6.04. The molecule has 2 aromatic heterocycles. The molecule has 4 rings (SSSR count). The third kappa shape index (κ3) is 2.98. The van der Waals surface area contributed by atoms with Crippen molar-refractivity contribution in [1.82, 2.24) is 25.3 Å². The minimum absolute atomic E-state index is 0. The molecule has 0 aliphatic carbocycles. The monoisotopic (exact) mass is 341 g/mol. The van der Waals surface area contributed by atoms with Crippen LogP contribution in [-0.4, -0.2) is 45.5 Å². The number of nitrogen functional groups attached to an aromatic ring is 1. The molecule has 1 fully saturated rings. The molecule has 0 saturated carbocycles. The zero-order chi connectivity index (χ0) is 17.4. The first-order valence-electron chi connectivity index (χ1n) is 8.21. The van der Waals surface area contributed by atoms with Crippen molar-refractivity contribution in [3.63, 3.8) is 0 Å². The number of nitrogens with two attached hydrogens (primary N) is 1. The van der Waals surface area contributed by atoms with Crippen LogP contribution in [-0.2, 0) is 4.79 Å². The van der Waals surface area contributed by atoms with E-state index in [0.717, 1.165) is 16.6 Å². The first-order valence-corrected chi connectivity index (χ1v) is 8.21. The van der Waals surface area contributed by atoms with E-state index in [2.05, 4.69) is 25.3 Å². The minimum Gasteiger partial charge on any atom is -0.382 e. The average Bonchev–Trinajstić information content (AvgIpc) is 2.89. The Morgan fingerprint density at radius 2 is 2.16 bits per heavy atom. The second-order valence-electron chi connectivity index (χ2n) is 6.16. The first kappa shape index (κ1) is 15.4. The van der Waals surface area contributed by atoms with E-state index in [9.17, 15) is 4.79 Å². The Balaban J connectivity index is 0.00000131. The van der Waals surface area contributed by atoms with Gasteiger partial charge in [-0.3, -0.25) is 4.79 Å². The van der Waals surface area contributed by atoms with Crippen LogP contribution in [0.25, 0.3) is 22.6 Å². The molecule has 1 saturated heterocycles. The number of nitrogens with one attached hydrogen (secondary N) is 2. The molecule has 25 heavy (non-hydrogen) atoms. The first-order chi connectivity index (χ1) is 12.1. The highest BCUT2D eigenvalue weighted by Gasteiger charge is 2.18. The van der Waals surface area contributed by atoms with Crippen molar-refractivity contribution in [3.05, 3.63) is 30.0 Å². The van der Waals surface area contributed by atoms with Gasteiger partial charge in [-0.2, -0.15) is 0 Å². The standard InChI is InChI=1S/C17H19N7O.2H2/c1-10-2-3-11-12(8-10)22-17(21-11)15-16(18)20-9-13(23-15)24-6-4-14(25)19-5-7-24;;/h2-3,8-9H,4-7H2,1H3,(H2,18,20)(H,19,25)(H,21,22);2*1H. The summed E-state index contributed by atoms with van der Waals surface area (Å²) in [4.78, 5) is 30.3. The quantitative estimate of drug-likeness (QED) is 0.654. The molecular weight excluding hydrogens is 318 g/mol. The number of amides is 1. The van der Waals surface area contributed by atoms with E-state index in [1.165, 1.54) is 0 Å². The SMILES string of the molecule is Cc1ccc2nc(-c3nc(N4CCNC(=O)CC4)cnc3N)[nH]c2c1.[HH].[HH]. The molecule has 1 aromatic carbocycles. The molecule has 4 N–H and O–H groups in total. The fraction of sp³-hybridized carbons (Fsp3) is 0.294. The maximum absolute atomic E-state index is 11.5. The van der Waals surface area contributed by atoms with E-state index in [1.54, 1.807) is 6.20 Å². The van der Waals surface area contributed by atoms with Crippen molar-refractivity contribution >= 4 is 28.6 Å². The van der Waals surface area contributed by atoms with Gasteiger partial charge in [-0.1, -0.05) is 6.07 Å². The molecule has 1 amide bonds. The summed E-state index contributed by atoms with van der Waals surface area (Å²) in [6.07, 6.45) is 2.08. The third-order valence-corrected chi connectivity index (χ3v) is 4.29. The van der Waals surface area contributed by atoms with Crippen LogP contribution in [0.1, 0.15) is 14.8 Å². The Kier molecular flexibility index (Phi) is 3.72. The number of aromatic amines is 1. The zero-order valence-electron chi connectivity index (χ0n) is 13.9. The fourth-order valence-corrected chi connectivity index (χ4v) is 2.95. The van der Waals surface area contributed by atoms with E-state index < -0.39 is 0 Å². The molecule has 0 bridgehead atoms. The van der Waals surface area contributed by atoms with Gasteiger partial charge in [-0.25, -0.2) is 15.0 Å². The summed E-state index contributed by atoms with van der Waals surface area (Å²) in [6.45, 7) is 3.90. The maximum atomic E-state index is 11.5. The van der Waals surface area contributed by atoms with Crippen LogP contribution >= 0.6 is 0 Å². The van der Waals surface area contributed by atoms with E-state index in [1.807, 2.05) is 30.0 Å². The van der Waals surface area contributed by atoms with Crippen molar-refractivity contribution in [2.75, 3.05) is 30.3 Å². The zero-order valence-corrected chi connectivity index (χ0v) is 13.9. The topological polar surface area (TPSA) is 113 Å². The number of fused-ring (bicyclic) bond motifs is 1. The summed E-state index contributed by atoms with van der Waals surface area (Å²) in [5.41, 5.74) is 9.50. The van der Waals surface area contributed by atoms with Gasteiger partial charge in [0.05, 0.1) is 17.2 Å². The van der Waals surface area contributed by atoms with Gasteiger partial charge >= 0.3 is 0 Å². The van der Waals surface area contributed by atoms with Crippen molar-refractivity contribution in [2.45, 2.75) is 13.3 Å². The number of H-pyrrole nitrogens is 1. The van der Waals surface area contributed by atoms with Crippen LogP contribution in [0.5, 0.6) is 0 Å². The Hall–Kier alpha value is -3.16. The molecule has 0 spiro atoms. The lowest BCUT2D eigenvalue weighted by atomic mass is 10.2. The van der Waals surface area contributed by atoms with Crippen LogP contribution in [0.2, 0.25) is 0 Å². The summed E-state index contributed by atoms with van der Waals surface area (Å²) in [6, 6.07) is 6.01. The molecule has 1 aliphatic rings. The molecule has 132 valence electrons.